The first-order valence-electron chi connectivity index (χ1n) is 10.6. The highest BCUT2D eigenvalue weighted by atomic mass is 31.2. The van der Waals surface area contributed by atoms with Crippen molar-refractivity contribution in [3.8, 4) is 0 Å². The van der Waals surface area contributed by atoms with Crippen LogP contribution in [0.5, 0.6) is 0 Å². The van der Waals surface area contributed by atoms with E-state index in [0.29, 0.717) is 11.3 Å². The highest BCUT2D eigenvalue weighted by molar-refractivity contribution is 7.91. The molecule has 0 bridgehead atoms. The van der Waals surface area contributed by atoms with Gasteiger partial charge in [0.25, 0.3) is 0 Å². The second-order valence-corrected chi connectivity index (χ2v) is 16.7. The van der Waals surface area contributed by atoms with Crippen molar-refractivity contribution in [2.24, 2.45) is 0 Å². The first-order chi connectivity index (χ1) is 13.9. The van der Waals surface area contributed by atoms with Gasteiger partial charge >= 0.3 is 0 Å². The lowest BCUT2D eigenvalue weighted by Gasteiger charge is -2.33. The van der Waals surface area contributed by atoms with Crippen LogP contribution in [0.25, 0.3) is 0 Å². The van der Waals surface area contributed by atoms with Crippen molar-refractivity contribution in [1.82, 2.24) is 4.86 Å². The monoisotopic (exact) mass is 421 g/mol. The summed E-state index contributed by atoms with van der Waals surface area (Å²) in [6.07, 6.45) is 2.55. The molecule has 1 fully saturated rings. The molecule has 1 N–H and O–H groups in total. The Hall–Kier alpha value is -1.52. The maximum Gasteiger partial charge on any atom is 0.144 e. The molecule has 0 unspecified atom stereocenters. The lowest BCUT2D eigenvalue weighted by atomic mass is 10.0. The predicted molar refractivity (Wildman–Crippen MR) is 133 cm³/mol. The fourth-order valence-corrected chi connectivity index (χ4v) is 15.2. The van der Waals surface area contributed by atoms with Crippen molar-refractivity contribution in [1.29, 1.82) is 0 Å². The molecule has 1 saturated heterocycles. The van der Waals surface area contributed by atoms with Gasteiger partial charge < -0.3 is 0 Å². The molecule has 0 radical (unpaired) electrons. The average molecular weight is 422 g/mol. The van der Waals surface area contributed by atoms with E-state index in [4.69, 9.17) is 0 Å². The highest BCUT2D eigenvalue weighted by Gasteiger charge is 2.60. The second kappa shape index (κ2) is 8.31. The first-order valence-corrected chi connectivity index (χ1v) is 15.6. The molecular weight excluding hydrogens is 388 g/mol. The summed E-state index contributed by atoms with van der Waals surface area (Å²) in [5.74, 6) is 0. The van der Waals surface area contributed by atoms with E-state index in [-0.39, 0.29) is 0 Å². The van der Waals surface area contributed by atoms with Crippen molar-refractivity contribution < 1.29 is 0 Å². The van der Waals surface area contributed by atoms with Gasteiger partial charge in [-0.1, -0.05) is 83.2 Å². The largest absolute Gasteiger partial charge is 0.144 e. The zero-order valence-electron chi connectivity index (χ0n) is 18.0. The van der Waals surface area contributed by atoms with Crippen molar-refractivity contribution in [3.63, 3.8) is 0 Å². The van der Waals surface area contributed by atoms with Gasteiger partial charge in [0, 0.05) is 0 Å². The Morgan fingerprint density at radius 3 is 1.62 bits per heavy atom. The Balaban J connectivity index is 1.75. The summed E-state index contributed by atoms with van der Waals surface area (Å²) in [6, 6.07) is 31.7. The minimum absolute atomic E-state index is 0.624. The molecule has 3 heteroatoms. The molecule has 1 heterocycles. The molecule has 0 saturated carbocycles. The maximum absolute atomic E-state index is 4.39. The number of hydrogen-bond acceptors (Lipinski definition) is 1. The standard InChI is InChI=1S/C26H33NP2/c1-21-15-17-24(18-16-21)28(2,3)27-29(4)25(22-11-7-5-8-12-22)19-20-26(29)23-13-9-6-10-14-23/h5-18,25-27H,19-20H2,1-4H3/q+2/t25-,26-/m0/s1. The average Bonchev–Trinajstić information content (AvgIpc) is 3.05. The zero-order valence-corrected chi connectivity index (χ0v) is 19.8. The second-order valence-electron chi connectivity index (χ2n) is 8.97. The van der Waals surface area contributed by atoms with Crippen LogP contribution in [0.4, 0.5) is 0 Å². The molecular formula is C26H33NP2+2. The summed E-state index contributed by atoms with van der Waals surface area (Å²) < 4.78 is 0. The van der Waals surface area contributed by atoms with Crippen molar-refractivity contribution >= 4 is 20.1 Å². The molecule has 0 amide bonds. The molecule has 0 aliphatic carbocycles. The Kier molecular flexibility index (Phi) is 5.94. The van der Waals surface area contributed by atoms with Gasteiger partial charge in [0.05, 0.1) is 20.0 Å². The van der Waals surface area contributed by atoms with Crippen molar-refractivity contribution in [3.05, 3.63) is 102 Å². The van der Waals surface area contributed by atoms with Crippen molar-refractivity contribution in [2.75, 3.05) is 20.0 Å². The van der Waals surface area contributed by atoms with Crippen LogP contribution in [-0.2, 0) is 0 Å². The van der Waals surface area contributed by atoms with Gasteiger partial charge in [-0.2, -0.15) is 0 Å². The van der Waals surface area contributed by atoms with Gasteiger partial charge in [0.2, 0.25) is 0 Å². The Labute approximate surface area is 177 Å². The quantitative estimate of drug-likeness (QED) is 0.428. The minimum atomic E-state index is -1.48. The number of nitrogens with one attached hydrogen (secondary N) is 1. The normalized spacial score (nSPS) is 21.2. The number of hydrogen-bond donors (Lipinski definition) is 1. The number of rotatable bonds is 5. The van der Waals surface area contributed by atoms with E-state index < -0.39 is 14.8 Å². The molecule has 1 aliphatic rings. The van der Waals surface area contributed by atoms with Gasteiger partial charge in [-0.25, -0.2) is 0 Å². The molecule has 29 heavy (non-hydrogen) atoms. The smallest absolute Gasteiger partial charge is 0.0712 e. The Morgan fingerprint density at radius 2 is 1.17 bits per heavy atom. The highest BCUT2D eigenvalue weighted by Crippen LogP contribution is 2.83. The van der Waals surface area contributed by atoms with E-state index >= 15 is 0 Å². The van der Waals surface area contributed by atoms with Gasteiger partial charge in [0.1, 0.15) is 31.4 Å². The summed E-state index contributed by atoms with van der Waals surface area (Å²) >= 11 is 0. The lowest BCUT2D eigenvalue weighted by molar-refractivity contribution is 0.765. The van der Waals surface area contributed by atoms with Crippen LogP contribution in [0.3, 0.4) is 0 Å². The van der Waals surface area contributed by atoms with E-state index in [1.54, 1.807) is 0 Å². The summed E-state index contributed by atoms with van der Waals surface area (Å²) in [4.78, 5) is 4.39. The summed E-state index contributed by atoms with van der Waals surface area (Å²) in [7, 11) is -2.93. The van der Waals surface area contributed by atoms with Crippen LogP contribution in [0, 0.1) is 6.92 Å². The molecule has 4 rings (SSSR count). The fraction of sp³-hybridized carbons (Fsp3) is 0.308. The Morgan fingerprint density at radius 1 is 0.724 bits per heavy atom. The molecule has 1 nitrogen and oxygen atoms in total. The van der Waals surface area contributed by atoms with Crippen LogP contribution in [-0.4, -0.2) is 20.0 Å². The van der Waals surface area contributed by atoms with E-state index in [0.717, 1.165) is 0 Å². The van der Waals surface area contributed by atoms with Gasteiger partial charge in [-0.3, -0.25) is 0 Å². The van der Waals surface area contributed by atoms with Crippen LogP contribution >= 0.6 is 14.8 Å². The third-order valence-electron chi connectivity index (χ3n) is 6.52. The molecule has 3 aromatic carbocycles. The summed E-state index contributed by atoms with van der Waals surface area (Å²) in [5.41, 5.74) is 5.61. The Bertz CT molecular complexity index is 888. The SMILES string of the molecule is Cc1ccc([P+](C)(C)N[P+]2(C)[C@H](c3ccccc3)CC[C@H]2c2ccccc2)cc1. The molecule has 3 aromatic rings. The van der Waals surface area contributed by atoms with Gasteiger partial charge in [0.15, 0.2) is 0 Å². The van der Waals surface area contributed by atoms with Crippen LogP contribution in [0.2, 0.25) is 0 Å². The number of aryl methyl sites for hydroxylation is 1. The van der Waals surface area contributed by atoms with Crippen molar-refractivity contribution in [2.45, 2.75) is 31.1 Å². The van der Waals surface area contributed by atoms with Crippen LogP contribution < -0.4 is 10.2 Å². The molecule has 150 valence electrons. The lowest BCUT2D eigenvalue weighted by Crippen LogP contribution is -2.27. The zero-order chi connectivity index (χ0) is 20.5. The van der Waals surface area contributed by atoms with Gasteiger partial charge in [-0.15, -0.1) is 0 Å². The van der Waals surface area contributed by atoms with E-state index in [9.17, 15) is 0 Å². The third kappa shape index (κ3) is 4.20. The van der Waals surface area contributed by atoms with Crippen LogP contribution in [0.15, 0.2) is 84.9 Å². The fourth-order valence-electron chi connectivity index (χ4n) is 5.03. The first kappa shape index (κ1) is 20.7. The van der Waals surface area contributed by atoms with Gasteiger partial charge in [-0.05, 0) is 43.0 Å². The minimum Gasteiger partial charge on any atom is -0.0712 e. The van der Waals surface area contributed by atoms with E-state index in [1.807, 2.05) is 0 Å². The molecule has 2 atom stereocenters. The third-order valence-corrected chi connectivity index (χ3v) is 15.5. The molecule has 0 spiro atoms. The molecule has 0 aromatic heterocycles. The summed E-state index contributed by atoms with van der Waals surface area (Å²) in [5, 5.41) is 1.48. The topological polar surface area (TPSA) is 12.0 Å². The number of benzene rings is 3. The van der Waals surface area contributed by atoms with Crippen LogP contribution in [0.1, 0.15) is 40.8 Å². The summed E-state index contributed by atoms with van der Waals surface area (Å²) in [6.45, 7) is 9.69. The molecule has 1 aliphatic heterocycles. The predicted octanol–water partition coefficient (Wildman–Crippen LogP) is 7.24. The van der Waals surface area contributed by atoms with E-state index in [2.05, 4.69) is 117 Å². The maximum atomic E-state index is 4.39. The van der Waals surface area contributed by atoms with E-state index in [1.165, 1.54) is 34.8 Å².